The molecule has 0 fully saturated rings. The number of unbranched alkanes of at least 4 members (excludes halogenated alkanes) is 9. The minimum Gasteiger partial charge on any atom is -0.449 e. The minimum absolute atomic E-state index is 0.160. The Kier molecular flexibility index (Phi) is 19.6. The van der Waals surface area contributed by atoms with Gasteiger partial charge in [0, 0.05) is 66.7 Å². The maximum absolute atomic E-state index is 12.4. The number of carbonyl (C=O) groups is 2. The van der Waals surface area contributed by atoms with Crippen LogP contribution in [0.2, 0.25) is 0 Å². The van der Waals surface area contributed by atoms with Gasteiger partial charge in [-0.15, -0.1) is 10.2 Å². The van der Waals surface area contributed by atoms with Crippen LogP contribution >= 0.6 is 0 Å². The summed E-state index contributed by atoms with van der Waals surface area (Å²) in [4.78, 5) is 32.8. The molecule has 69 heavy (non-hydrogen) atoms. The number of pyridine rings is 2. The van der Waals surface area contributed by atoms with Crippen molar-refractivity contribution in [1.82, 2.24) is 45.3 Å². The van der Waals surface area contributed by atoms with Gasteiger partial charge in [-0.3, -0.25) is 24.6 Å². The van der Waals surface area contributed by atoms with Crippen molar-refractivity contribution in [2.75, 3.05) is 23.8 Å². The topological polar surface area (TPSA) is 167 Å². The molecule has 0 unspecified atom stereocenters. The molecule has 0 spiro atoms. The van der Waals surface area contributed by atoms with Gasteiger partial charge in [0.25, 0.3) is 0 Å². The fourth-order valence-electron chi connectivity index (χ4n) is 7.72. The summed E-state index contributed by atoms with van der Waals surface area (Å²) in [6.07, 6.45) is 22.4. The number of para-hydroxylation sites is 2. The Bertz CT molecular complexity index is 2710. The summed E-state index contributed by atoms with van der Waals surface area (Å²) < 4.78 is 9.16. The summed E-state index contributed by atoms with van der Waals surface area (Å²) in [5, 5.41) is 25.7. The molecule has 3 amide bonds. The molecule has 0 aliphatic heterocycles. The summed E-state index contributed by atoms with van der Waals surface area (Å²) >= 11 is 0. The van der Waals surface area contributed by atoms with Gasteiger partial charge in [0.1, 0.15) is 11.4 Å². The average Bonchev–Trinajstić information content (AvgIpc) is 4.09. The van der Waals surface area contributed by atoms with Crippen LogP contribution in [0.25, 0.3) is 44.8 Å². The van der Waals surface area contributed by atoms with Crippen LogP contribution in [-0.2, 0) is 17.8 Å². The molecule has 0 aliphatic carbocycles. The van der Waals surface area contributed by atoms with E-state index in [1.54, 1.807) is 24.8 Å². The number of hydrogen-bond donors (Lipinski definition) is 3. The van der Waals surface area contributed by atoms with E-state index in [-0.39, 0.29) is 6.03 Å². The molecule has 0 radical (unpaired) electrons. The third kappa shape index (κ3) is 16.4. The highest BCUT2D eigenvalue weighted by molar-refractivity contribution is 5.94. The summed E-state index contributed by atoms with van der Waals surface area (Å²) in [6, 6.07) is 43.3. The number of nitrogens with one attached hydrogen (secondary N) is 3. The summed E-state index contributed by atoms with van der Waals surface area (Å²) in [6.45, 7) is 2.80. The monoisotopic (exact) mass is 923 g/mol. The van der Waals surface area contributed by atoms with Crippen LogP contribution in [0, 0.1) is 0 Å². The SMILES string of the molecule is O=C(NCCCCCCCCn1cc(-c2cccnc2)nn1)Nc1ccccc1-c1ccccc1.O=C(Nc1ccccc1-c1ccccc1)OCCCCCCCn1cc(-c2cccnc2)nn1. The molecule has 14 heteroatoms. The van der Waals surface area contributed by atoms with E-state index in [4.69, 9.17) is 4.74 Å². The van der Waals surface area contributed by atoms with Crippen molar-refractivity contribution < 1.29 is 14.3 Å². The van der Waals surface area contributed by atoms with Crippen LogP contribution in [-0.4, -0.2) is 65.2 Å². The van der Waals surface area contributed by atoms with Crippen LogP contribution in [0.3, 0.4) is 0 Å². The Balaban J connectivity index is 0.000000204. The zero-order valence-electron chi connectivity index (χ0n) is 39.1. The van der Waals surface area contributed by atoms with E-state index in [0.29, 0.717) is 13.2 Å². The van der Waals surface area contributed by atoms with E-state index in [0.717, 1.165) is 127 Å². The van der Waals surface area contributed by atoms with Crippen LogP contribution in [0.5, 0.6) is 0 Å². The molecule has 0 saturated heterocycles. The van der Waals surface area contributed by atoms with Gasteiger partial charge in [-0.25, -0.2) is 9.59 Å². The highest BCUT2D eigenvalue weighted by atomic mass is 16.5. The molecular formula is C55H61N11O3. The van der Waals surface area contributed by atoms with Crippen molar-refractivity contribution in [3.63, 3.8) is 0 Å². The van der Waals surface area contributed by atoms with E-state index in [9.17, 15) is 9.59 Å². The first-order chi connectivity index (χ1) is 34.1. The lowest BCUT2D eigenvalue weighted by molar-refractivity contribution is 0.159. The number of rotatable bonds is 23. The van der Waals surface area contributed by atoms with E-state index in [1.165, 1.54) is 12.8 Å². The molecule has 4 aromatic heterocycles. The number of amides is 3. The van der Waals surface area contributed by atoms with Gasteiger partial charge >= 0.3 is 12.1 Å². The third-order valence-corrected chi connectivity index (χ3v) is 11.4. The molecular weight excluding hydrogens is 863 g/mol. The fourth-order valence-corrected chi connectivity index (χ4v) is 7.72. The molecule has 354 valence electrons. The predicted molar refractivity (Wildman–Crippen MR) is 273 cm³/mol. The highest BCUT2D eigenvalue weighted by Crippen LogP contribution is 2.29. The van der Waals surface area contributed by atoms with E-state index >= 15 is 0 Å². The number of aryl methyl sites for hydroxylation is 2. The Morgan fingerprint density at radius 1 is 0.464 bits per heavy atom. The maximum atomic E-state index is 12.4. The molecule has 0 saturated carbocycles. The second-order valence-corrected chi connectivity index (χ2v) is 16.6. The number of anilines is 2. The van der Waals surface area contributed by atoms with Crippen LogP contribution in [0.1, 0.15) is 70.6 Å². The van der Waals surface area contributed by atoms with Crippen molar-refractivity contribution in [3.05, 3.63) is 171 Å². The zero-order valence-corrected chi connectivity index (χ0v) is 39.1. The molecule has 0 aliphatic rings. The van der Waals surface area contributed by atoms with Crippen molar-refractivity contribution in [2.45, 2.75) is 83.7 Å². The van der Waals surface area contributed by atoms with E-state index < -0.39 is 6.09 Å². The predicted octanol–water partition coefficient (Wildman–Crippen LogP) is 12.4. The number of ether oxygens (including phenoxy) is 1. The molecule has 3 N–H and O–H groups in total. The number of nitrogens with zero attached hydrogens (tertiary/aromatic N) is 8. The molecule has 14 nitrogen and oxygen atoms in total. The lowest BCUT2D eigenvalue weighted by atomic mass is 10.0. The quantitative estimate of drug-likeness (QED) is 0.0529. The normalized spacial score (nSPS) is 10.7. The Morgan fingerprint density at radius 3 is 1.43 bits per heavy atom. The first-order valence-corrected chi connectivity index (χ1v) is 24.0. The fraction of sp³-hybridized carbons (Fsp3) is 0.273. The summed E-state index contributed by atoms with van der Waals surface area (Å²) in [5.41, 5.74) is 9.35. The molecule has 0 bridgehead atoms. The van der Waals surface area contributed by atoms with Gasteiger partial charge < -0.3 is 15.4 Å². The largest absolute Gasteiger partial charge is 0.449 e. The van der Waals surface area contributed by atoms with Gasteiger partial charge in [-0.1, -0.05) is 152 Å². The van der Waals surface area contributed by atoms with Crippen molar-refractivity contribution in [1.29, 1.82) is 0 Å². The van der Waals surface area contributed by atoms with Gasteiger partial charge in [0.15, 0.2) is 0 Å². The van der Waals surface area contributed by atoms with Crippen LogP contribution in [0.4, 0.5) is 21.0 Å². The molecule has 4 aromatic carbocycles. The van der Waals surface area contributed by atoms with E-state index in [1.807, 2.05) is 155 Å². The number of aromatic nitrogens is 8. The van der Waals surface area contributed by atoms with Gasteiger partial charge in [-0.2, -0.15) is 0 Å². The Morgan fingerprint density at radius 2 is 0.913 bits per heavy atom. The standard InChI is InChI=1S/C28H32N6O.C27H29N5O2/c35-28(31-26-17-9-8-16-25(26)23-13-6-5-7-14-23)30-19-10-3-1-2-4-11-20-34-22-27(32-33-34)24-15-12-18-29-21-24;33-27(29-25-16-8-7-15-24(25)22-12-5-4-6-13-22)34-19-10-3-1-2-9-18-32-21-26(30-31-32)23-14-11-17-28-20-23/h5-9,12-18,21-22H,1-4,10-11,19-20H2,(H2,30,31,35);4-8,11-17,20-21H,1-3,9-10,18-19H2,(H,29,33). The zero-order chi connectivity index (χ0) is 47.6. The number of urea groups is 1. The van der Waals surface area contributed by atoms with Crippen LogP contribution < -0.4 is 16.0 Å². The van der Waals surface area contributed by atoms with Gasteiger partial charge in [0.05, 0.1) is 30.4 Å². The van der Waals surface area contributed by atoms with E-state index in [2.05, 4.69) is 46.5 Å². The third-order valence-electron chi connectivity index (χ3n) is 11.4. The molecule has 8 aromatic rings. The molecule has 8 rings (SSSR count). The molecule has 4 heterocycles. The second-order valence-electron chi connectivity index (χ2n) is 16.6. The Hall–Kier alpha value is -8.00. The number of carbonyl (C=O) groups excluding carboxylic acids is 2. The highest BCUT2D eigenvalue weighted by Gasteiger charge is 2.11. The van der Waals surface area contributed by atoms with Crippen molar-refractivity contribution >= 4 is 23.5 Å². The summed E-state index contributed by atoms with van der Waals surface area (Å²) in [7, 11) is 0. The average molecular weight is 924 g/mol. The first-order valence-electron chi connectivity index (χ1n) is 24.0. The van der Waals surface area contributed by atoms with Gasteiger partial charge in [-0.05, 0) is 73.2 Å². The van der Waals surface area contributed by atoms with Crippen LogP contribution in [0.15, 0.2) is 171 Å². The first kappa shape index (κ1) is 48.9. The van der Waals surface area contributed by atoms with Crippen molar-refractivity contribution in [3.8, 4) is 44.8 Å². The van der Waals surface area contributed by atoms with Gasteiger partial charge in [0.2, 0.25) is 0 Å². The number of benzene rings is 4. The summed E-state index contributed by atoms with van der Waals surface area (Å²) in [5.74, 6) is 0. The Labute approximate surface area is 404 Å². The smallest absolute Gasteiger partial charge is 0.411 e. The second kappa shape index (κ2) is 27.6. The molecule has 0 atom stereocenters. The number of hydrogen-bond acceptors (Lipinski definition) is 9. The lowest BCUT2D eigenvalue weighted by Gasteiger charge is -2.12. The lowest BCUT2D eigenvalue weighted by Crippen LogP contribution is -2.29. The van der Waals surface area contributed by atoms with Crippen molar-refractivity contribution in [2.24, 2.45) is 0 Å². The minimum atomic E-state index is -0.418. The maximum Gasteiger partial charge on any atom is 0.411 e.